The van der Waals surface area contributed by atoms with Crippen LogP contribution in [0.4, 0.5) is 0 Å². The van der Waals surface area contributed by atoms with Crippen molar-refractivity contribution in [2.45, 2.75) is 63.1 Å². The highest BCUT2D eigenvalue weighted by Crippen LogP contribution is 2.22. The summed E-state index contributed by atoms with van der Waals surface area (Å²) in [5.74, 6) is 0.0316. The number of carbonyl (C=O) groups excluding carboxylic acids is 1. The summed E-state index contributed by atoms with van der Waals surface area (Å²) in [5, 5.41) is 6.27. The predicted octanol–water partition coefficient (Wildman–Crippen LogP) is 2.03. The average Bonchev–Trinajstić information content (AvgIpc) is 2.56. The molecule has 1 saturated heterocycles. The molecule has 2 N–H and O–H groups in total. The second-order valence-corrected chi connectivity index (χ2v) is 6.19. The third kappa shape index (κ3) is 5.69. The number of amides is 1. The van der Waals surface area contributed by atoms with Crippen molar-refractivity contribution in [2.24, 2.45) is 0 Å². The predicted molar refractivity (Wildman–Crippen MR) is 89.5 cm³/mol. The summed E-state index contributed by atoms with van der Waals surface area (Å²) in [4.78, 5) is 12.3. The molecule has 0 unspecified atom stereocenters. The summed E-state index contributed by atoms with van der Waals surface area (Å²) < 4.78 is 11.4. The number of methoxy groups -OCH3 is 1. The maximum absolute atomic E-state index is 12.3. The number of rotatable bonds is 7. The first-order valence-corrected chi connectivity index (χ1v) is 8.43. The van der Waals surface area contributed by atoms with E-state index in [1.165, 1.54) is 32.1 Å². The lowest BCUT2D eigenvalue weighted by molar-refractivity contribution is -0.146. The van der Waals surface area contributed by atoms with E-state index in [2.05, 4.69) is 10.6 Å². The van der Waals surface area contributed by atoms with Crippen LogP contribution in [-0.2, 0) is 14.3 Å². The van der Waals surface area contributed by atoms with Crippen molar-refractivity contribution in [3.63, 3.8) is 0 Å². The van der Waals surface area contributed by atoms with Gasteiger partial charge in [-0.3, -0.25) is 4.79 Å². The van der Waals surface area contributed by atoms with Crippen molar-refractivity contribution in [2.75, 3.05) is 33.4 Å². The molecule has 5 nitrogen and oxygen atoms in total. The van der Waals surface area contributed by atoms with Crippen molar-refractivity contribution < 1.29 is 14.3 Å². The normalized spacial score (nSPS) is 21.9. The Hall–Kier alpha value is -0.360. The molecule has 130 valence electrons. The number of ether oxygens (including phenoxy) is 2. The highest BCUT2D eigenvalue weighted by Gasteiger charge is 2.39. The summed E-state index contributed by atoms with van der Waals surface area (Å²) in [6, 6.07) is 0. The molecule has 6 heteroatoms. The van der Waals surface area contributed by atoms with Gasteiger partial charge in [-0.25, -0.2) is 0 Å². The minimum atomic E-state index is -0.629. The van der Waals surface area contributed by atoms with Gasteiger partial charge in [-0.15, -0.1) is 12.4 Å². The van der Waals surface area contributed by atoms with E-state index in [9.17, 15) is 4.79 Å². The molecule has 0 spiro atoms. The molecule has 0 bridgehead atoms. The minimum absolute atomic E-state index is 0. The largest absolute Gasteiger partial charge is 0.378 e. The Balaban J connectivity index is 0.00000242. The van der Waals surface area contributed by atoms with Gasteiger partial charge in [0, 0.05) is 20.3 Å². The van der Waals surface area contributed by atoms with Gasteiger partial charge in [-0.05, 0) is 45.2 Å². The van der Waals surface area contributed by atoms with Crippen LogP contribution in [0.15, 0.2) is 0 Å². The Labute approximate surface area is 140 Å². The second-order valence-electron chi connectivity index (χ2n) is 6.19. The molecular formula is C16H31ClN2O3. The highest BCUT2D eigenvalue weighted by molar-refractivity contribution is 5.85. The maximum Gasteiger partial charge on any atom is 0.252 e. The Morgan fingerprint density at radius 2 is 1.91 bits per heavy atom. The topological polar surface area (TPSA) is 59.6 Å². The monoisotopic (exact) mass is 334 g/mol. The zero-order valence-electron chi connectivity index (χ0n) is 13.7. The fraction of sp³-hybridized carbons (Fsp3) is 0.938. The Bertz CT molecular complexity index is 317. The first-order chi connectivity index (χ1) is 10.3. The van der Waals surface area contributed by atoms with Crippen LogP contribution < -0.4 is 10.6 Å². The molecule has 0 atom stereocenters. The SMILES string of the molecule is COC1(C(=O)NCCCOC2CCCCC2)CCNCC1.Cl. The van der Waals surface area contributed by atoms with Crippen LogP contribution in [0, 0.1) is 0 Å². The van der Waals surface area contributed by atoms with Gasteiger partial charge in [0.15, 0.2) is 0 Å². The summed E-state index contributed by atoms with van der Waals surface area (Å²) >= 11 is 0. The molecule has 1 aliphatic carbocycles. The molecule has 0 radical (unpaired) electrons. The van der Waals surface area contributed by atoms with E-state index in [4.69, 9.17) is 9.47 Å². The van der Waals surface area contributed by atoms with Gasteiger partial charge in [0.1, 0.15) is 5.60 Å². The van der Waals surface area contributed by atoms with Gasteiger partial charge in [-0.1, -0.05) is 19.3 Å². The van der Waals surface area contributed by atoms with Crippen LogP contribution in [0.5, 0.6) is 0 Å². The van der Waals surface area contributed by atoms with Gasteiger partial charge in [0.05, 0.1) is 6.10 Å². The highest BCUT2D eigenvalue weighted by atomic mass is 35.5. The number of hydrogen-bond donors (Lipinski definition) is 2. The molecule has 1 aliphatic heterocycles. The molecule has 1 heterocycles. The van der Waals surface area contributed by atoms with Crippen LogP contribution in [0.25, 0.3) is 0 Å². The van der Waals surface area contributed by atoms with Crippen molar-refractivity contribution in [3.05, 3.63) is 0 Å². The van der Waals surface area contributed by atoms with Crippen LogP contribution in [0.2, 0.25) is 0 Å². The van der Waals surface area contributed by atoms with Crippen LogP contribution in [0.3, 0.4) is 0 Å². The number of carbonyl (C=O) groups is 1. The van der Waals surface area contributed by atoms with Crippen molar-refractivity contribution in [3.8, 4) is 0 Å². The molecule has 22 heavy (non-hydrogen) atoms. The van der Waals surface area contributed by atoms with E-state index in [1.807, 2.05) is 0 Å². The fourth-order valence-electron chi connectivity index (χ4n) is 3.27. The Morgan fingerprint density at radius 1 is 1.23 bits per heavy atom. The van der Waals surface area contributed by atoms with Crippen molar-refractivity contribution >= 4 is 18.3 Å². The van der Waals surface area contributed by atoms with Crippen molar-refractivity contribution in [1.82, 2.24) is 10.6 Å². The smallest absolute Gasteiger partial charge is 0.252 e. The zero-order chi connectivity index (χ0) is 15.0. The average molecular weight is 335 g/mol. The molecule has 1 saturated carbocycles. The van der Waals surface area contributed by atoms with E-state index in [1.54, 1.807) is 7.11 Å². The van der Waals surface area contributed by atoms with Crippen LogP contribution >= 0.6 is 12.4 Å². The third-order valence-electron chi connectivity index (χ3n) is 4.73. The summed E-state index contributed by atoms with van der Waals surface area (Å²) in [6.07, 6.45) is 9.16. The minimum Gasteiger partial charge on any atom is -0.378 e. The summed E-state index contributed by atoms with van der Waals surface area (Å²) in [7, 11) is 1.64. The van der Waals surface area contributed by atoms with Gasteiger partial charge in [-0.2, -0.15) is 0 Å². The van der Waals surface area contributed by atoms with E-state index in [0.717, 1.165) is 39.0 Å². The second kappa shape index (κ2) is 10.4. The van der Waals surface area contributed by atoms with E-state index < -0.39 is 5.60 Å². The Morgan fingerprint density at radius 3 is 2.55 bits per heavy atom. The number of nitrogens with one attached hydrogen (secondary N) is 2. The summed E-state index contributed by atoms with van der Waals surface area (Å²) in [6.45, 7) is 3.09. The number of hydrogen-bond acceptors (Lipinski definition) is 4. The van der Waals surface area contributed by atoms with Gasteiger partial charge >= 0.3 is 0 Å². The molecule has 1 amide bonds. The molecular weight excluding hydrogens is 304 g/mol. The first kappa shape index (κ1) is 19.7. The fourth-order valence-corrected chi connectivity index (χ4v) is 3.27. The van der Waals surface area contributed by atoms with Gasteiger partial charge in [0.25, 0.3) is 5.91 Å². The van der Waals surface area contributed by atoms with Gasteiger partial charge < -0.3 is 20.1 Å². The molecule has 0 aromatic carbocycles. The Kier molecular flexibility index (Phi) is 9.33. The van der Waals surface area contributed by atoms with Crippen molar-refractivity contribution in [1.29, 1.82) is 0 Å². The standard InChI is InChI=1S/C16H30N2O3.ClH/c1-20-16(8-11-17-12-9-16)15(19)18-10-5-13-21-14-6-3-2-4-7-14;/h14,17H,2-13H2,1H3,(H,18,19);1H. The van der Waals surface area contributed by atoms with E-state index in [-0.39, 0.29) is 18.3 Å². The number of piperidine rings is 1. The third-order valence-corrected chi connectivity index (χ3v) is 4.73. The molecule has 2 rings (SSSR count). The lowest BCUT2D eigenvalue weighted by atomic mass is 9.91. The van der Waals surface area contributed by atoms with Crippen LogP contribution in [-0.4, -0.2) is 51.0 Å². The zero-order valence-corrected chi connectivity index (χ0v) is 14.5. The quantitative estimate of drug-likeness (QED) is 0.699. The van der Waals surface area contributed by atoms with Crippen LogP contribution in [0.1, 0.15) is 51.4 Å². The summed E-state index contributed by atoms with van der Waals surface area (Å²) in [5.41, 5.74) is -0.629. The van der Waals surface area contributed by atoms with Gasteiger partial charge in [0.2, 0.25) is 0 Å². The number of halogens is 1. The molecule has 0 aromatic rings. The van der Waals surface area contributed by atoms with E-state index >= 15 is 0 Å². The molecule has 2 fully saturated rings. The lowest BCUT2D eigenvalue weighted by Crippen LogP contribution is -2.54. The molecule has 2 aliphatic rings. The first-order valence-electron chi connectivity index (χ1n) is 8.43. The maximum atomic E-state index is 12.3. The van der Waals surface area contributed by atoms with E-state index in [0.29, 0.717) is 12.6 Å². The molecule has 0 aromatic heterocycles. The lowest BCUT2D eigenvalue weighted by Gasteiger charge is -2.34.